The number of hydrogen-bond acceptors (Lipinski definition) is 6. The van der Waals surface area contributed by atoms with Crippen LogP contribution in [-0.2, 0) is 27.4 Å². The molecule has 1 fully saturated rings. The average molecular weight is 620 g/mol. The van der Waals surface area contributed by atoms with Crippen LogP contribution < -0.4 is 5.32 Å². The van der Waals surface area contributed by atoms with Crippen LogP contribution in [-0.4, -0.2) is 45.8 Å². The molecule has 0 bridgehead atoms. The van der Waals surface area contributed by atoms with Crippen molar-refractivity contribution in [3.8, 4) is 5.69 Å². The van der Waals surface area contributed by atoms with Gasteiger partial charge in [0, 0.05) is 48.6 Å². The normalized spacial score (nSPS) is 18.2. The van der Waals surface area contributed by atoms with E-state index in [1.807, 2.05) is 17.8 Å². The SMILES string of the molecule is CNc1cccc([C@H]2O[C@H](CCn3nncc3COCC(C)(C)C(=P)OC)c3cccn3-c3ccc(Cl)cc32)c1C1CC1. The number of methoxy groups -OCH3 is 1. The first-order valence-electron chi connectivity index (χ1n) is 14.8. The van der Waals surface area contributed by atoms with Crippen LogP contribution in [0.2, 0.25) is 5.02 Å². The molecule has 4 aromatic rings. The monoisotopic (exact) mass is 619 g/mol. The number of halogens is 1. The number of nitrogens with zero attached hydrogens (tertiary/aromatic N) is 4. The van der Waals surface area contributed by atoms with E-state index in [9.17, 15) is 0 Å². The van der Waals surface area contributed by atoms with E-state index in [1.54, 1.807) is 13.3 Å². The molecule has 8 nitrogen and oxygen atoms in total. The molecule has 0 unspecified atom stereocenters. The lowest BCUT2D eigenvalue weighted by molar-refractivity contribution is -0.00155. The molecule has 10 heteroatoms. The third-order valence-corrected chi connectivity index (χ3v) is 9.57. The molecule has 1 N–H and O–H groups in total. The van der Waals surface area contributed by atoms with Gasteiger partial charge in [-0.3, -0.25) is 0 Å². The summed E-state index contributed by atoms with van der Waals surface area (Å²) in [5.74, 6) is 0.537. The van der Waals surface area contributed by atoms with Crippen LogP contribution in [0.15, 0.2) is 60.9 Å². The Morgan fingerprint density at radius 3 is 2.77 bits per heavy atom. The number of aryl methyl sites for hydroxylation is 1. The van der Waals surface area contributed by atoms with Crippen LogP contribution in [0.1, 0.15) is 79.3 Å². The molecule has 1 aliphatic heterocycles. The largest absolute Gasteiger partial charge is 0.388 e. The Balaban J connectivity index is 1.29. The number of nitrogens with one attached hydrogen (secondary N) is 1. The summed E-state index contributed by atoms with van der Waals surface area (Å²) >= 11 is 6.62. The fraction of sp³-hybridized carbons (Fsp3) is 0.424. The van der Waals surface area contributed by atoms with Gasteiger partial charge in [0.2, 0.25) is 0 Å². The predicted molar refractivity (Wildman–Crippen MR) is 173 cm³/mol. The van der Waals surface area contributed by atoms with Crippen molar-refractivity contribution in [2.45, 2.75) is 64.4 Å². The number of aromatic nitrogens is 4. The summed E-state index contributed by atoms with van der Waals surface area (Å²) in [5, 5.41) is 12.7. The van der Waals surface area contributed by atoms with E-state index >= 15 is 0 Å². The molecule has 0 saturated heterocycles. The summed E-state index contributed by atoms with van der Waals surface area (Å²) in [6, 6.07) is 16.8. The van der Waals surface area contributed by atoms with Gasteiger partial charge in [-0.25, -0.2) is 4.68 Å². The first-order chi connectivity index (χ1) is 20.8. The van der Waals surface area contributed by atoms with E-state index in [0.717, 1.165) is 33.8 Å². The summed E-state index contributed by atoms with van der Waals surface area (Å²) in [6.07, 6.45) is 6.50. The minimum atomic E-state index is -0.279. The first-order valence-corrected chi connectivity index (χ1v) is 15.7. The average Bonchev–Trinajstić information content (AvgIpc) is 3.59. The van der Waals surface area contributed by atoms with Crippen molar-refractivity contribution in [1.29, 1.82) is 0 Å². The van der Waals surface area contributed by atoms with Gasteiger partial charge in [-0.05, 0) is 72.7 Å². The lowest BCUT2D eigenvalue weighted by Gasteiger charge is -2.27. The zero-order valence-corrected chi connectivity index (χ0v) is 26.9. The number of hydrogen-bond donors (Lipinski definition) is 1. The Morgan fingerprint density at radius 2 is 2.00 bits per heavy atom. The molecule has 43 heavy (non-hydrogen) atoms. The van der Waals surface area contributed by atoms with Gasteiger partial charge in [-0.1, -0.05) is 51.7 Å². The van der Waals surface area contributed by atoms with Crippen molar-refractivity contribution in [1.82, 2.24) is 19.6 Å². The Hall–Kier alpha value is -3.00. The second-order valence-corrected chi connectivity index (χ2v) is 12.9. The van der Waals surface area contributed by atoms with Crippen LogP contribution in [0.3, 0.4) is 0 Å². The summed E-state index contributed by atoms with van der Waals surface area (Å²) in [6.45, 7) is 5.64. The highest BCUT2D eigenvalue weighted by Crippen LogP contribution is 2.50. The summed E-state index contributed by atoms with van der Waals surface area (Å²) in [5.41, 5.74) is 8.35. The van der Waals surface area contributed by atoms with Gasteiger partial charge in [-0.2, -0.15) is 0 Å². The van der Waals surface area contributed by atoms with E-state index in [2.05, 4.69) is 91.6 Å². The van der Waals surface area contributed by atoms with Crippen molar-refractivity contribution >= 4 is 31.6 Å². The first kappa shape index (κ1) is 30.0. The quantitative estimate of drug-likeness (QED) is 0.167. The maximum Gasteiger partial charge on any atom is 0.111 e. The van der Waals surface area contributed by atoms with Gasteiger partial charge >= 0.3 is 0 Å². The number of rotatable bonds is 12. The predicted octanol–water partition coefficient (Wildman–Crippen LogP) is 7.35. The van der Waals surface area contributed by atoms with Crippen LogP contribution in [0.4, 0.5) is 5.69 Å². The molecule has 3 heterocycles. The fourth-order valence-corrected chi connectivity index (χ4v) is 6.28. The van der Waals surface area contributed by atoms with Gasteiger partial charge in [0.1, 0.15) is 12.2 Å². The highest BCUT2D eigenvalue weighted by atomic mass is 35.5. The molecule has 2 aromatic heterocycles. The highest BCUT2D eigenvalue weighted by molar-refractivity contribution is 7.20. The van der Waals surface area contributed by atoms with Crippen molar-refractivity contribution in [3.63, 3.8) is 0 Å². The topological polar surface area (TPSA) is 75.4 Å². The van der Waals surface area contributed by atoms with E-state index < -0.39 is 0 Å². The maximum absolute atomic E-state index is 7.16. The Morgan fingerprint density at radius 1 is 1.16 bits per heavy atom. The Labute approximate surface area is 260 Å². The molecule has 6 rings (SSSR count). The number of fused-ring (bicyclic) bond motifs is 3. The lowest BCUT2D eigenvalue weighted by atomic mass is 9.92. The second kappa shape index (κ2) is 12.5. The molecule has 226 valence electrons. The molecule has 2 aliphatic rings. The number of anilines is 1. The third-order valence-electron chi connectivity index (χ3n) is 8.45. The second-order valence-electron chi connectivity index (χ2n) is 12.0. The molecule has 0 spiro atoms. The van der Waals surface area contributed by atoms with Crippen molar-refractivity contribution in [2.75, 3.05) is 26.1 Å². The zero-order valence-electron chi connectivity index (χ0n) is 25.1. The summed E-state index contributed by atoms with van der Waals surface area (Å²) in [7, 11) is 7.19. The number of benzene rings is 2. The van der Waals surface area contributed by atoms with E-state index in [-0.39, 0.29) is 17.6 Å². The smallest absolute Gasteiger partial charge is 0.111 e. The van der Waals surface area contributed by atoms with Crippen LogP contribution in [0.25, 0.3) is 5.69 Å². The van der Waals surface area contributed by atoms with E-state index in [4.69, 9.17) is 25.8 Å². The lowest BCUT2D eigenvalue weighted by Crippen LogP contribution is -2.29. The Bertz CT molecular complexity index is 1610. The standard InChI is InChI=1S/C33H39ClN5O3P/c1-33(2,32(43)40-4)20-41-19-23-18-36-37-39(23)16-14-29-28-9-6-15-38(28)27-13-12-22(34)17-25(27)31(42-29)24-7-5-8-26(35-3)30(24)21-10-11-21/h5-9,12-13,15,17-18,21,29,31,35,43H,10-11,14,16,19-20H2,1-4H3/t29-,31-/m1/s1. The molecule has 0 radical (unpaired) electrons. The van der Waals surface area contributed by atoms with Gasteiger partial charge in [0.05, 0.1) is 42.0 Å². The zero-order chi connectivity index (χ0) is 30.1. The van der Waals surface area contributed by atoms with Gasteiger partial charge in [0.15, 0.2) is 0 Å². The molecular formula is C33H39ClN5O3P. The van der Waals surface area contributed by atoms with Gasteiger partial charge < -0.3 is 24.1 Å². The minimum Gasteiger partial charge on any atom is -0.388 e. The molecule has 2 aromatic carbocycles. The van der Waals surface area contributed by atoms with Gasteiger partial charge in [0.25, 0.3) is 0 Å². The molecule has 1 aliphatic carbocycles. The van der Waals surface area contributed by atoms with Crippen LogP contribution in [0.5, 0.6) is 0 Å². The van der Waals surface area contributed by atoms with E-state index in [0.29, 0.717) is 37.1 Å². The van der Waals surface area contributed by atoms with Gasteiger partial charge in [-0.15, -0.1) is 5.10 Å². The fourth-order valence-electron chi connectivity index (χ4n) is 6.02. The van der Waals surface area contributed by atoms with Crippen LogP contribution >= 0.6 is 20.5 Å². The maximum atomic E-state index is 7.16. The molecule has 2 atom stereocenters. The highest BCUT2D eigenvalue weighted by Gasteiger charge is 2.36. The third kappa shape index (κ3) is 6.17. The van der Waals surface area contributed by atoms with Crippen LogP contribution in [0, 0.1) is 5.41 Å². The molecule has 0 amide bonds. The van der Waals surface area contributed by atoms with Crippen molar-refractivity contribution in [2.24, 2.45) is 5.41 Å². The summed E-state index contributed by atoms with van der Waals surface area (Å²) < 4.78 is 22.8. The molecule has 1 saturated carbocycles. The summed E-state index contributed by atoms with van der Waals surface area (Å²) in [4.78, 5) is 0. The van der Waals surface area contributed by atoms with Crippen molar-refractivity contribution in [3.05, 3.63) is 94.0 Å². The van der Waals surface area contributed by atoms with E-state index in [1.165, 1.54) is 24.0 Å². The van der Waals surface area contributed by atoms with Crippen molar-refractivity contribution < 1.29 is 14.2 Å². The number of ether oxygens (including phenoxy) is 3. The Kier molecular flexibility index (Phi) is 8.77. The minimum absolute atomic E-state index is 0.194. The molecular weight excluding hydrogens is 581 g/mol.